The summed E-state index contributed by atoms with van der Waals surface area (Å²) in [5, 5.41) is 16.4. The zero-order chi connectivity index (χ0) is 21.9. The average Bonchev–Trinajstić information content (AvgIpc) is 3.30. The van der Waals surface area contributed by atoms with Crippen LogP contribution in [0.3, 0.4) is 0 Å². The van der Waals surface area contributed by atoms with Crippen LogP contribution in [0.4, 0.5) is 0 Å². The van der Waals surface area contributed by atoms with E-state index >= 15 is 0 Å². The van der Waals surface area contributed by atoms with Crippen molar-refractivity contribution in [2.45, 2.75) is 70.6 Å². The maximum absolute atomic E-state index is 9.64. The number of guanidine groups is 1. The number of aliphatic imine (C=N–C) groups is 1. The predicted molar refractivity (Wildman–Crippen MR) is 125 cm³/mol. The third-order valence-corrected chi connectivity index (χ3v) is 6.12. The lowest BCUT2D eigenvalue weighted by atomic mass is 10.1. The van der Waals surface area contributed by atoms with Crippen molar-refractivity contribution in [3.63, 3.8) is 0 Å². The molecule has 1 aromatic carbocycles. The first-order valence-electron chi connectivity index (χ1n) is 11.9. The van der Waals surface area contributed by atoms with Gasteiger partial charge in [-0.25, -0.2) is 4.99 Å². The first-order valence-corrected chi connectivity index (χ1v) is 11.9. The molecule has 7 heteroatoms. The highest BCUT2D eigenvalue weighted by atomic mass is 16.5. The van der Waals surface area contributed by atoms with E-state index in [9.17, 15) is 5.11 Å². The van der Waals surface area contributed by atoms with Crippen molar-refractivity contribution in [1.29, 1.82) is 0 Å². The summed E-state index contributed by atoms with van der Waals surface area (Å²) >= 11 is 0. The second kappa shape index (κ2) is 12.8. The van der Waals surface area contributed by atoms with Crippen molar-refractivity contribution in [1.82, 2.24) is 15.5 Å². The molecule has 7 nitrogen and oxygen atoms in total. The van der Waals surface area contributed by atoms with E-state index in [0.29, 0.717) is 6.54 Å². The molecular formula is C24H40N4O3. The van der Waals surface area contributed by atoms with Crippen LogP contribution < -0.4 is 20.1 Å². The highest BCUT2D eigenvalue weighted by Crippen LogP contribution is 2.35. The summed E-state index contributed by atoms with van der Waals surface area (Å²) in [6.07, 6.45) is 7.70. The molecule has 0 spiro atoms. The average molecular weight is 433 g/mol. The number of para-hydroxylation sites is 1. The van der Waals surface area contributed by atoms with Gasteiger partial charge >= 0.3 is 0 Å². The number of nitrogens with zero attached hydrogens (tertiary/aromatic N) is 2. The minimum Gasteiger partial charge on any atom is -0.493 e. The number of ether oxygens (including phenoxy) is 2. The number of likely N-dealkylation sites (tertiary alicyclic amines) is 1. The van der Waals surface area contributed by atoms with Crippen molar-refractivity contribution in [2.24, 2.45) is 4.99 Å². The van der Waals surface area contributed by atoms with Crippen molar-refractivity contribution >= 4 is 5.96 Å². The number of nitrogens with one attached hydrogen (secondary N) is 2. The van der Waals surface area contributed by atoms with Gasteiger partial charge in [-0.3, -0.25) is 0 Å². The van der Waals surface area contributed by atoms with Crippen LogP contribution in [0.5, 0.6) is 11.5 Å². The summed E-state index contributed by atoms with van der Waals surface area (Å²) in [5.41, 5.74) is 1.05. The molecule has 1 aromatic rings. The Bertz CT molecular complexity index is 683. The zero-order valence-corrected chi connectivity index (χ0v) is 19.2. The van der Waals surface area contributed by atoms with Crippen LogP contribution in [0.1, 0.15) is 57.4 Å². The van der Waals surface area contributed by atoms with Gasteiger partial charge in [-0.15, -0.1) is 0 Å². The molecule has 0 amide bonds. The maximum Gasteiger partial charge on any atom is 0.191 e. The summed E-state index contributed by atoms with van der Waals surface area (Å²) in [4.78, 5) is 7.23. The Morgan fingerprint density at radius 3 is 2.65 bits per heavy atom. The van der Waals surface area contributed by atoms with Crippen LogP contribution in [0, 0.1) is 0 Å². The van der Waals surface area contributed by atoms with Crippen LogP contribution in [0.15, 0.2) is 23.2 Å². The van der Waals surface area contributed by atoms with Gasteiger partial charge in [-0.1, -0.05) is 12.1 Å². The molecule has 1 aliphatic heterocycles. The highest BCUT2D eigenvalue weighted by molar-refractivity contribution is 5.79. The number of hydrogen-bond donors (Lipinski definition) is 3. The normalized spacial score (nSPS) is 18.9. The molecule has 3 rings (SSSR count). The molecule has 31 heavy (non-hydrogen) atoms. The molecule has 1 saturated carbocycles. The fourth-order valence-corrected chi connectivity index (χ4v) is 4.31. The van der Waals surface area contributed by atoms with E-state index in [0.717, 1.165) is 87.8 Å². The van der Waals surface area contributed by atoms with Gasteiger partial charge in [0.15, 0.2) is 17.5 Å². The largest absolute Gasteiger partial charge is 0.493 e. The summed E-state index contributed by atoms with van der Waals surface area (Å²) in [6, 6.07) is 6.03. The lowest BCUT2D eigenvalue weighted by Gasteiger charge is -2.29. The SMILES string of the molecule is CCNC(=NCc1cccc(OC)c1OC1CCCC1)NCCCN1CCC(O)CC1. The van der Waals surface area contributed by atoms with Gasteiger partial charge in [0.2, 0.25) is 0 Å². The molecule has 1 aliphatic carbocycles. The van der Waals surface area contributed by atoms with Gasteiger partial charge in [-0.05, 0) is 64.5 Å². The number of aliphatic hydroxyl groups is 1. The van der Waals surface area contributed by atoms with Crippen molar-refractivity contribution in [3.8, 4) is 11.5 Å². The summed E-state index contributed by atoms with van der Waals surface area (Å²) in [5.74, 6) is 2.44. The van der Waals surface area contributed by atoms with Crippen LogP contribution >= 0.6 is 0 Å². The molecular weight excluding hydrogens is 392 g/mol. The Morgan fingerprint density at radius 1 is 1.16 bits per heavy atom. The number of rotatable bonds is 10. The van der Waals surface area contributed by atoms with Gasteiger partial charge in [0.1, 0.15) is 0 Å². The second-order valence-electron chi connectivity index (χ2n) is 8.52. The lowest BCUT2D eigenvalue weighted by Crippen LogP contribution is -2.40. The van der Waals surface area contributed by atoms with E-state index in [-0.39, 0.29) is 12.2 Å². The molecule has 2 aliphatic rings. The molecule has 3 N–H and O–H groups in total. The van der Waals surface area contributed by atoms with Crippen LogP contribution in [0.2, 0.25) is 0 Å². The molecule has 1 saturated heterocycles. The van der Waals surface area contributed by atoms with E-state index < -0.39 is 0 Å². The molecule has 174 valence electrons. The predicted octanol–water partition coefficient (Wildman–Crippen LogP) is 2.92. The summed E-state index contributed by atoms with van der Waals surface area (Å²) < 4.78 is 11.9. The Balaban J connectivity index is 1.54. The second-order valence-corrected chi connectivity index (χ2v) is 8.52. The van der Waals surface area contributed by atoms with E-state index in [2.05, 4.69) is 28.5 Å². The van der Waals surface area contributed by atoms with Gasteiger partial charge < -0.3 is 30.1 Å². The summed E-state index contributed by atoms with van der Waals surface area (Å²) in [7, 11) is 1.69. The Hall–Kier alpha value is -1.99. The molecule has 0 bridgehead atoms. The standard InChI is InChI=1S/C24H40N4O3/c1-3-25-24(26-14-7-15-28-16-12-20(29)13-17-28)27-18-19-8-6-11-22(30-2)23(19)31-21-9-4-5-10-21/h6,8,11,20-21,29H,3-5,7,9-10,12-18H2,1-2H3,(H2,25,26,27). The molecule has 1 heterocycles. The molecule has 0 atom stereocenters. The van der Waals surface area contributed by atoms with Gasteiger partial charge in [0.05, 0.1) is 25.9 Å². The van der Waals surface area contributed by atoms with E-state index in [4.69, 9.17) is 14.5 Å². The monoisotopic (exact) mass is 432 g/mol. The fourth-order valence-electron chi connectivity index (χ4n) is 4.31. The van der Waals surface area contributed by atoms with Gasteiger partial charge in [0.25, 0.3) is 0 Å². The van der Waals surface area contributed by atoms with Crippen LogP contribution in [-0.2, 0) is 6.54 Å². The third-order valence-electron chi connectivity index (χ3n) is 6.12. The number of benzene rings is 1. The van der Waals surface area contributed by atoms with Crippen molar-refractivity contribution < 1.29 is 14.6 Å². The summed E-state index contributed by atoms with van der Waals surface area (Å²) in [6.45, 7) is 7.35. The maximum atomic E-state index is 9.64. The van der Waals surface area contributed by atoms with E-state index in [1.165, 1.54) is 12.8 Å². The Labute approximate surface area is 187 Å². The molecule has 0 radical (unpaired) electrons. The Kier molecular flexibility index (Phi) is 9.75. The first kappa shape index (κ1) is 23.7. The minimum atomic E-state index is -0.110. The number of piperidine rings is 1. The van der Waals surface area contributed by atoms with E-state index in [1.807, 2.05) is 12.1 Å². The zero-order valence-electron chi connectivity index (χ0n) is 19.2. The topological polar surface area (TPSA) is 78.4 Å². The Morgan fingerprint density at radius 2 is 1.94 bits per heavy atom. The van der Waals surface area contributed by atoms with Crippen LogP contribution in [0.25, 0.3) is 0 Å². The number of hydrogen-bond acceptors (Lipinski definition) is 5. The van der Waals surface area contributed by atoms with Crippen molar-refractivity contribution in [2.75, 3.05) is 39.8 Å². The fraction of sp³-hybridized carbons (Fsp3) is 0.708. The first-order chi connectivity index (χ1) is 15.2. The molecule has 2 fully saturated rings. The molecule has 0 aromatic heterocycles. The number of methoxy groups -OCH3 is 1. The smallest absolute Gasteiger partial charge is 0.191 e. The number of aliphatic hydroxyl groups excluding tert-OH is 1. The van der Waals surface area contributed by atoms with E-state index in [1.54, 1.807) is 7.11 Å². The third kappa shape index (κ3) is 7.58. The lowest BCUT2D eigenvalue weighted by molar-refractivity contribution is 0.0823. The van der Waals surface area contributed by atoms with Gasteiger partial charge in [0, 0.05) is 31.7 Å². The quantitative estimate of drug-likeness (QED) is 0.300. The highest BCUT2D eigenvalue weighted by Gasteiger charge is 2.20. The van der Waals surface area contributed by atoms with Gasteiger partial charge in [-0.2, -0.15) is 0 Å². The minimum absolute atomic E-state index is 0.110. The molecule has 0 unspecified atom stereocenters. The van der Waals surface area contributed by atoms with Crippen LogP contribution in [-0.4, -0.2) is 68.0 Å². The van der Waals surface area contributed by atoms with Crippen molar-refractivity contribution in [3.05, 3.63) is 23.8 Å².